The zero-order valence-electron chi connectivity index (χ0n) is 10.3. The summed E-state index contributed by atoms with van der Waals surface area (Å²) < 4.78 is 11.2. The Bertz CT molecular complexity index is 212. The molecule has 0 N–H and O–H groups in total. The predicted octanol–water partition coefficient (Wildman–Crippen LogP) is 1.66. The summed E-state index contributed by atoms with van der Waals surface area (Å²) in [6.45, 7) is 8.62. The van der Waals surface area contributed by atoms with Crippen molar-refractivity contribution in [3.63, 3.8) is 0 Å². The molecule has 1 saturated carbocycles. The molecular formula is C12H23NO2. The highest BCUT2D eigenvalue weighted by Gasteiger charge is 2.41. The van der Waals surface area contributed by atoms with Crippen molar-refractivity contribution in [1.82, 2.24) is 4.90 Å². The van der Waals surface area contributed by atoms with Crippen LogP contribution in [0.4, 0.5) is 0 Å². The second-order valence-electron chi connectivity index (χ2n) is 5.79. The molecule has 0 aromatic heterocycles. The number of hydrogen-bond acceptors (Lipinski definition) is 3. The largest absolute Gasteiger partial charge is 0.379 e. The van der Waals surface area contributed by atoms with Gasteiger partial charge in [0, 0.05) is 26.2 Å². The standard InChI is InChI=1S/C12H23NO2/c1-12(2,3)15-10-5-9(6-10)13-7-11(8-13)14-4/h9-11H,5-8H2,1-4H3. The third-order valence-electron chi connectivity index (χ3n) is 3.32. The van der Waals surface area contributed by atoms with E-state index >= 15 is 0 Å². The van der Waals surface area contributed by atoms with Crippen molar-refractivity contribution in [1.29, 1.82) is 0 Å². The van der Waals surface area contributed by atoms with Crippen LogP contribution in [0.3, 0.4) is 0 Å². The highest BCUT2D eigenvalue weighted by Crippen LogP contribution is 2.33. The number of nitrogens with zero attached hydrogens (tertiary/aromatic N) is 1. The van der Waals surface area contributed by atoms with Crippen LogP contribution in [0.2, 0.25) is 0 Å². The van der Waals surface area contributed by atoms with E-state index < -0.39 is 0 Å². The summed E-state index contributed by atoms with van der Waals surface area (Å²) in [4.78, 5) is 2.51. The van der Waals surface area contributed by atoms with Crippen LogP contribution in [0.25, 0.3) is 0 Å². The summed E-state index contributed by atoms with van der Waals surface area (Å²) in [6, 6.07) is 0.753. The van der Waals surface area contributed by atoms with Crippen molar-refractivity contribution >= 4 is 0 Å². The highest BCUT2D eigenvalue weighted by atomic mass is 16.5. The molecule has 3 nitrogen and oxygen atoms in total. The highest BCUT2D eigenvalue weighted by molar-refractivity contribution is 4.95. The molecule has 2 aliphatic rings. The number of rotatable bonds is 3. The Morgan fingerprint density at radius 1 is 1.07 bits per heavy atom. The summed E-state index contributed by atoms with van der Waals surface area (Å²) in [6.07, 6.45) is 3.37. The maximum Gasteiger partial charge on any atom is 0.0825 e. The molecule has 1 aliphatic heterocycles. The lowest BCUT2D eigenvalue weighted by Crippen LogP contribution is -2.61. The van der Waals surface area contributed by atoms with Gasteiger partial charge in [-0.15, -0.1) is 0 Å². The second kappa shape index (κ2) is 4.04. The Morgan fingerprint density at radius 2 is 1.67 bits per heavy atom. The van der Waals surface area contributed by atoms with Crippen LogP contribution in [-0.2, 0) is 9.47 Å². The van der Waals surface area contributed by atoms with Crippen molar-refractivity contribution in [3.8, 4) is 0 Å². The monoisotopic (exact) mass is 213 g/mol. The average molecular weight is 213 g/mol. The SMILES string of the molecule is COC1CN(C2CC(OC(C)(C)C)C2)C1. The van der Waals surface area contributed by atoms with Gasteiger partial charge >= 0.3 is 0 Å². The topological polar surface area (TPSA) is 21.7 Å². The zero-order valence-corrected chi connectivity index (χ0v) is 10.3. The van der Waals surface area contributed by atoms with Gasteiger partial charge < -0.3 is 9.47 Å². The van der Waals surface area contributed by atoms with Crippen molar-refractivity contribution in [2.75, 3.05) is 20.2 Å². The van der Waals surface area contributed by atoms with Gasteiger partial charge in [-0.1, -0.05) is 0 Å². The normalized spacial score (nSPS) is 33.6. The van der Waals surface area contributed by atoms with E-state index in [4.69, 9.17) is 9.47 Å². The van der Waals surface area contributed by atoms with Crippen molar-refractivity contribution in [2.24, 2.45) is 0 Å². The first-order chi connectivity index (χ1) is 6.98. The summed E-state index contributed by atoms with van der Waals surface area (Å²) in [7, 11) is 1.80. The molecule has 0 atom stereocenters. The lowest BCUT2D eigenvalue weighted by molar-refractivity contribution is -0.145. The molecule has 1 aliphatic carbocycles. The third-order valence-corrected chi connectivity index (χ3v) is 3.32. The Morgan fingerprint density at radius 3 is 2.13 bits per heavy atom. The zero-order chi connectivity index (χ0) is 11.1. The van der Waals surface area contributed by atoms with E-state index in [1.165, 1.54) is 12.8 Å². The second-order valence-corrected chi connectivity index (χ2v) is 5.79. The van der Waals surface area contributed by atoms with E-state index in [9.17, 15) is 0 Å². The molecule has 0 bridgehead atoms. The van der Waals surface area contributed by atoms with Crippen LogP contribution in [0.5, 0.6) is 0 Å². The van der Waals surface area contributed by atoms with E-state index in [0.29, 0.717) is 12.2 Å². The van der Waals surface area contributed by atoms with Gasteiger partial charge in [-0.3, -0.25) is 4.90 Å². The lowest BCUT2D eigenvalue weighted by Gasteiger charge is -2.50. The van der Waals surface area contributed by atoms with Gasteiger partial charge in [0.1, 0.15) is 0 Å². The number of likely N-dealkylation sites (tertiary alicyclic amines) is 1. The molecule has 88 valence electrons. The molecule has 0 radical (unpaired) electrons. The molecule has 15 heavy (non-hydrogen) atoms. The summed E-state index contributed by atoms with van der Waals surface area (Å²) >= 11 is 0. The van der Waals surface area contributed by atoms with Gasteiger partial charge in [0.2, 0.25) is 0 Å². The minimum atomic E-state index is 0.0135. The van der Waals surface area contributed by atoms with E-state index in [1.807, 2.05) is 0 Å². The minimum absolute atomic E-state index is 0.0135. The Balaban J connectivity index is 1.63. The molecule has 0 amide bonds. The lowest BCUT2D eigenvalue weighted by atomic mass is 9.85. The van der Waals surface area contributed by atoms with Crippen LogP contribution in [0.15, 0.2) is 0 Å². The fourth-order valence-electron chi connectivity index (χ4n) is 2.35. The molecule has 1 heterocycles. The number of methoxy groups -OCH3 is 1. The van der Waals surface area contributed by atoms with E-state index in [2.05, 4.69) is 25.7 Å². The molecule has 0 aromatic carbocycles. The first kappa shape index (κ1) is 11.4. The number of ether oxygens (including phenoxy) is 2. The minimum Gasteiger partial charge on any atom is -0.379 e. The predicted molar refractivity (Wildman–Crippen MR) is 60.0 cm³/mol. The van der Waals surface area contributed by atoms with Crippen molar-refractivity contribution in [2.45, 2.75) is 57.5 Å². The fraction of sp³-hybridized carbons (Fsp3) is 1.00. The summed E-state index contributed by atoms with van der Waals surface area (Å²) in [5.41, 5.74) is 0.0135. The van der Waals surface area contributed by atoms with Gasteiger partial charge in [0.05, 0.1) is 17.8 Å². The molecule has 2 fully saturated rings. The first-order valence-electron chi connectivity index (χ1n) is 5.92. The molecule has 2 rings (SSSR count). The molecule has 3 heteroatoms. The molecule has 0 spiro atoms. The van der Waals surface area contributed by atoms with Crippen molar-refractivity contribution in [3.05, 3.63) is 0 Å². The summed E-state index contributed by atoms with van der Waals surface area (Å²) in [5, 5.41) is 0. The van der Waals surface area contributed by atoms with Crippen LogP contribution in [0.1, 0.15) is 33.6 Å². The first-order valence-corrected chi connectivity index (χ1v) is 5.92. The van der Waals surface area contributed by atoms with Gasteiger partial charge in [-0.05, 0) is 33.6 Å². The van der Waals surface area contributed by atoms with E-state index in [-0.39, 0.29) is 5.60 Å². The number of hydrogen-bond donors (Lipinski definition) is 0. The third kappa shape index (κ3) is 2.71. The van der Waals surface area contributed by atoms with Crippen LogP contribution < -0.4 is 0 Å². The molecule has 0 unspecified atom stereocenters. The van der Waals surface area contributed by atoms with Gasteiger partial charge in [0.25, 0.3) is 0 Å². The fourth-order valence-corrected chi connectivity index (χ4v) is 2.35. The average Bonchev–Trinajstić information content (AvgIpc) is 1.95. The Kier molecular flexibility index (Phi) is 3.06. The quantitative estimate of drug-likeness (QED) is 0.711. The smallest absolute Gasteiger partial charge is 0.0825 e. The molecular weight excluding hydrogens is 190 g/mol. The van der Waals surface area contributed by atoms with E-state index in [1.54, 1.807) is 7.11 Å². The Labute approximate surface area is 92.7 Å². The van der Waals surface area contributed by atoms with Gasteiger partial charge in [-0.25, -0.2) is 0 Å². The molecule has 0 aromatic rings. The summed E-state index contributed by atoms with van der Waals surface area (Å²) in [5.74, 6) is 0. The Hall–Kier alpha value is -0.120. The van der Waals surface area contributed by atoms with Gasteiger partial charge in [-0.2, -0.15) is 0 Å². The van der Waals surface area contributed by atoms with E-state index in [0.717, 1.165) is 19.1 Å². The van der Waals surface area contributed by atoms with Crippen LogP contribution in [0, 0.1) is 0 Å². The van der Waals surface area contributed by atoms with Gasteiger partial charge in [0.15, 0.2) is 0 Å². The van der Waals surface area contributed by atoms with Crippen LogP contribution in [-0.4, -0.2) is 49.0 Å². The maximum absolute atomic E-state index is 5.92. The maximum atomic E-state index is 5.92. The molecule has 1 saturated heterocycles. The van der Waals surface area contributed by atoms with Crippen molar-refractivity contribution < 1.29 is 9.47 Å². The van der Waals surface area contributed by atoms with Crippen LogP contribution >= 0.6 is 0 Å².